The molecular formula is C36H22O12. The van der Waals surface area contributed by atoms with Crippen LogP contribution in [0.2, 0.25) is 0 Å². The number of carbonyl (C=O) groups is 6. The van der Waals surface area contributed by atoms with Gasteiger partial charge >= 0.3 is 35.8 Å². The van der Waals surface area contributed by atoms with Crippen LogP contribution >= 0.6 is 0 Å². The van der Waals surface area contributed by atoms with Crippen molar-refractivity contribution in [2.45, 2.75) is 0 Å². The van der Waals surface area contributed by atoms with Gasteiger partial charge in [0.2, 0.25) is 0 Å². The molecule has 0 radical (unpaired) electrons. The van der Waals surface area contributed by atoms with Crippen LogP contribution in [0.15, 0.2) is 97.1 Å². The molecule has 0 aromatic heterocycles. The molecule has 0 bridgehead atoms. The minimum atomic E-state index is -1.45. The van der Waals surface area contributed by atoms with Gasteiger partial charge in [0.05, 0.1) is 33.4 Å². The lowest BCUT2D eigenvalue weighted by atomic mass is 9.84. The van der Waals surface area contributed by atoms with Crippen LogP contribution in [-0.4, -0.2) is 66.5 Å². The van der Waals surface area contributed by atoms with Gasteiger partial charge in [0.1, 0.15) is 0 Å². The third-order valence-corrected chi connectivity index (χ3v) is 7.47. The van der Waals surface area contributed by atoms with Gasteiger partial charge in [-0.1, -0.05) is 24.3 Å². The zero-order valence-electron chi connectivity index (χ0n) is 24.4. The summed E-state index contributed by atoms with van der Waals surface area (Å²) in [7, 11) is 0. The molecule has 5 rings (SSSR count). The second kappa shape index (κ2) is 12.7. The number of carboxylic acids is 6. The molecule has 0 aliphatic rings. The highest BCUT2D eigenvalue weighted by Crippen LogP contribution is 2.43. The molecule has 0 unspecified atom stereocenters. The van der Waals surface area contributed by atoms with Gasteiger partial charge in [-0.3, -0.25) is 0 Å². The van der Waals surface area contributed by atoms with E-state index < -0.39 is 58.1 Å². The number of aromatic carboxylic acids is 6. The monoisotopic (exact) mass is 646 g/mol. The zero-order valence-corrected chi connectivity index (χ0v) is 24.4. The number of carboxylic acid groups (broad SMARTS) is 6. The summed E-state index contributed by atoms with van der Waals surface area (Å²) in [5.74, 6) is -8.26. The van der Waals surface area contributed by atoms with Crippen LogP contribution in [-0.2, 0) is 0 Å². The standard InChI is InChI=1S/C36H22O12/c37-31(38)19-5-1-3-17(7-19)27-15-29(21-9-23(33(41)42)13-24(10-21)34(43)44)30(16-28(27)18-4-2-6-20(8-18)32(39)40)22-11-25(35(45)46)14-26(12-22)36(47)48/h1-16H,(H,37,38)(H,39,40)(H,41,42)(H,43,44)(H,45,46)(H,47,48). The molecule has 0 atom stereocenters. The summed E-state index contributed by atoms with van der Waals surface area (Å²) in [5.41, 5.74) is -0.131. The van der Waals surface area contributed by atoms with Gasteiger partial charge in [-0.05, 0) is 117 Å². The number of hydrogen-bond acceptors (Lipinski definition) is 6. The van der Waals surface area contributed by atoms with Crippen molar-refractivity contribution in [2.75, 3.05) is 0 Å². The van der Waals surface area contributed by atoms with Crippen LogP contribution in [0.1, 0.15) is 62.1 Å². The zero-order chi connectivity index (χ0) is 34.9. The summed E-state index contributed by atoms with van der Waals surface area (Å²) in [5, 5.41) is 58.6. The average Bonchev–Trinajstić information content (AvgIpc) is 3.07. The van der Waals surface area contributed by atoms with Crippen LogP contribution in [0.4, 0.5) is 0 Å². The summed E-state index contributed by atoms with van der Waals surface area (Å²) in [4.78, 5) is 72.0. The Morgan fingerprint density at radius 2 is 0.542 bits per heavy atom. The fraction of sp³-hybridized carbons (Fsp3) is 0. The van der Waals surface area contributed by atoms with Gasteiger partial charge in [-0.15, -0.1) is 0 Å². The molecule has 5 aromatic rings. The van der Waals surface area contributed by atoms with Gasteiger partial charge in [0.25, 0.3) is 0 Å². The molecule has 0 aliphatic carbocycles. The molecule has 0 amide bonds. The lowest BCUT2D eigenvalue weighted by Gasteiger charge is -2.20. The number of benzene rings is 5. The van der Waals surface area contributed by atoms with E-state index in [1.807, 2.05) is 0 Å². The van der Waals surface area contributed by atoms with Crippen LogP contribution in [0, 0.1) is 0 Å². The van der Waals surface area contributed by atoms with Crippen molar-refractivity contribution in [1.29, 1.82) is 0 Å². The molecule has 6 N–H and O–H groups in total. The van der Waals surface area contributed by atoms with Gasteiger partial charge in [-0.2, -0.15) is 0 Å². The lowest BCUT2D eigenvalue weighted by Crippen LogP contribution is -2.05. The van der Waals surface area contributed by atoms with E-state index >= 15 is 0 Å². The van der Waals surface area contributed by atoms with Crippen molar-refractivity contribution in [3.05, 3.63) is 130 Å². The number of rotatable bonds is 10. The summed E-state index contributed by atoms with van der Waals surface area (Å²) < 4.78 is 0. The summed E-state index contributed by atoms with van der Waals surface area (Å²) in [6.07, 6.45) is 0. The molecule has 48 heavy (non-hydrogen) atoms. The Balaban J connectivity index is 1.99. The largest absolute Gasteiger partial charge is 0.478 e. The first kappa shape index (κ1) is 32.3. The highest BCUT2D eigenvalue weighted by molar-refractivity contribution is 6.03. The molecule has 0 fully saturated rings. The quantitative estimate of drug-likeness (QED) is 0.0951. The highest BCUT2D eigenvalue weighted by atomic mass is 16.4. The van der Waals surface area contributed by atoms with E-state index in [9.17, 15) is 59.4 Å². The number of hydrogen-bond donors (Lipinski definition) is 6. The van der Waals surface area contributed by atoms with Gasteiger partial charge in [0, 0.05) is 0 Å². The minimum absolute atomic E-state index is 0.0429. The van der Waals surface area contributed by atoms with E-state index in [-0.39, 0.29) is 33.4 Å². The molecule has 0 aliphatic heterocycles. The van der Waals surface area contributed by atoms with Crippen molar-refractivity contribution in [3.8, 4) is 44.5 Å². The smallest absolute Gasteiger partial charge is 0.335 e. The van der Waals surface area contributed by atoms with Crippen molar-refractivity contribution in [1.82, 2.24) is 0 Å². The molecule has 12 nitrogen and oxygen atoms in total. The Morgan fingerprint density at radius 3 is 0.812 bits per heavy atom. The fourth-order valence-electron chi connectivity index (χ4n) is 5.25. The predicted molar refractivity (Wildman–Crippen MR) is 170 cm³/mol. The maximum Gasteiger partial charge on any atom is 0.335 e. The first-order chi connectivity index (χ1) is 22.7. The first-order valence-corrected chi connectivity index (χ1v) is 13.8. The molecule has 0 spiro atoms. The van der Waals surface area contributed by atoms with E-state index in [2.05, 4.69) is 0 Å². The van der Waals surface area contributed by atoms with Gasteiger partial charge in [0.15, 0.2) is 0 Å². The van der Waals surface area contributed by atoms with E-state index in [1.165, 1.54) is 72.8 Å². The molecular weight excluding hydrogens is 624 g/mol. The Morgan fingerprint density at radius 1 is 0.292 bits per heavy atom. The third-order valence-electron chi connectivity index (χ3n) is 7.47. The minimum Gasteiger partial charge on any atom is -0.478 e. The van der Waals surface area contributed by atoms with Crippen molar-refractivity contribution in [3.63, 3.8) is 0 Å². The van der Waals surface area contributed by atoms with Crippen LogP contribution in [0.5, 0.6) is 0 Å². The molecule has 238 valence electrons. The van der Waals surface area contributed by atoms with E-state index in [0.717, 1.165) is 12.1 Å². The molecule has 0 saturated carbocycles. The normalized spacial score (nSPS) is 10.7. The van der Waals surface area contributed by atoms with Crippen LogP contribution in [0.3, 0.4) is 0 Å². The highest BCUT2D eigenvalue weighted by Gasteiger charge is 2.22. The SMILES string of the molecule is O=C(O)c1cccc(-c2cc(-c3cc(C(=O)O)cc(C(=O)O)c3)c(-c3cc(C(=O)O)cc(C(=O)O)c3)cc2-c2cccc(C(=O)O)c2)c1. The molecule has 0 saturated heterocycles. The van der Waals surface area contributed by atoms with Crippen molar-refractivity contribution in [2.24, 2.45) is 0 Å². The molecule has 5 aromatic carbocycles. The molecule has 0 heterocycles. The fourth-order valence-corrected chi connectivity index (χ4v) is 5.25. The van der Waals surface area contributed by atoms with Crippen molar-refractivity contribution >= 4 is 35.8 Å². The van der Waals surface area contributed by atoms with E-state index in [4.69, 9.17) is 0 Å². The Labute approximate surface area is 270 Å². The maximum atomic E-state index is 12.0. The van der Waals surface area contributed by atoms with Crippen LogP contribution < -0.4 is 0 Å². The second-order valence-electron chi connectivity index (χ2n) is 10.5. The summed E-state index contributed by atoms with van der Waals surface area (Å²) >= 11 is 0. The molecule has 12 heteroatoms. The Kier molecular flexibility index (Phi) is 8.57. The topological polar surface area (TPSA) is 224 Å². The maximum absolute atomic E-state index is 12.0. The summed E-state index contributed by atoms with van der Waals surface area (Å²) in [6.45, 7) is 0. The van der Waals surface area contributed by atoms with Gasteiger partial charge < -0.3 is 30.6 Å². The van der Waals surface area contributed by atoms with Crippen molar-refractivity contribution < 1.29 is 59.4 Å². The Bertz CT molecular complexity index is 1990. The van der Waals surface area contributed by atoms with E-state index in [0.29, 0.717) is 22.3 Å². The van der Waals surface area contributed by atoms with Crippen LogP contribution in [0.25, 0.3) is 44.5 Å². The lowest BCUT2D eigenvalue weighted by molar-refractivity contribution is 0.0676. The van der Waals surface area contributed by atoms with Gasteiger partial charge in [-0.25, -0.2) is 28.8 Å². The third kappa shape index (κ3) is 6.48. The average molecular weight is 647 g/mol. The predicted octanol–water partition coefficient (Wildman–Crippen LogP) is 6.54. The summed E-state index contributed by atoms with van der Waals surface area (Å²) in [6, 6.07) is 21.2. The second-order valence-corrected chi connectivity index (χ2v) is 10.5. The first-order valence-electron chi connectivity index (χ1n) is 13.8. The Hall–Kier alpha value is -7.08. The van der Waals surface area contributed by atoms with E-state index in [1.54, 1.807) is 12.1 Å².